The smallest absolute Gasteiger partial charge is 0.409 e. The Morgan fingerprint density at radius 1 is 1.18 bits per heavy atom. The van der Waals surface area contributed by atoms with Gasteiger partial charge in [0.2, 0.25) is 5.91 Å². The Morgan fingerprint density at radius 3 is 2.54 bits per heavy atom. The lowest BCUT2D eigenvalue weighted by molar-refractivity contribution is -0.129. The van der Waals surface area contributed by atoms with Crippen molar-refractivity contribution >= 4 is 52.3 Å². The van der Waals surface area contributed by atoms with Gasteiger partial charge in [0.25, 0.3) is 5.91 Å². The van der Waals surface area contributed by atoms with E-state index in [-0.39, 0.29) is 23.8 Å². The molecule has 0 saturated carbocycles. The molecule has 0 bridgehead atoms. The number of amidine groups is 1. The molecule has 28 heavy (non-hydrogen) atoms. The Morgan fingerprint density at radius 2 is 1.86 bits per heavy atom. The fourth-order valence-electron chi connectivity index (χ4n) is 3.15. The molecule has 152 valence electrons. The van der Waals surface area contributed by atoms with E-state index in [9.17, 15) is 14.4 Å². The number of nitrogens with zero attached hydrogens (tertiary/aromatic N) is 4. The summed E-state index contributed by atoms with van der Waals surface area (Å²) < 4.78 is 4.98. The molecule has 0 aliphatic carbocycles. The molecule has 0 spiro atoms. The van der Waals surface area contributed by atoms with Crippen molar-refractivity contribution in [3.8, 4) is 0 Å². The first-order valence-electron chi connectivity index (χ1n) is 9.23. The zero-order chi connectivity index (χ0) is 20.3. The van der Waals surface area contributed by atoms with E-state index in [1.165, 1.54) is 23.5 Å². The molecule has 1 saturated heterocycles. The van der Waals surface area contributed by atoms with Gasteiger partial charge in [0, 0.05) is 26.2 Å². The van der Waals surface area contributed by atoms with E-state index in [0.717, 1.165) is 15.5 Å². The van der Waals surface area contributed by atoms with Crippen LogP contribution in [0.3, 0.4) is 0 Å². The van der Waals surface area contributed by atoms with E-state index in [1.807, 2.05) is 13.8 Å². The Hall–Kier alpha value is -1.81. The van der Waals surface area contributed by atoms with Gasteiger partial charge in [-0.15, -0.1) is 11.8 Å². The molecule has 10 heteroatoms. The number of thioether (sulfide) groups is 2. The average Bonchev–Trinajstić information content (AvgIpc) is 2.96. The second kappa shape index (κ2) is 9.13. The number of carbonyl (C=O) groups is 3. The van der Waals surface area contributed by atoms with Crippen LogP contribution in [0.25, 0.3) is 0 Å². The van der Waals surface area contributed by atoms with Crippen molar-refractivity contribution in [2.24, 2.45) is 15.9 Å². The quantitative estimate of drug-likeness (QED) is 0.670. The van der Waals surface area contributed by atoms with Crippen molar-refractivity contribution in [1.82, 2.24) is 9.80 Å². The lowest BCUT2D eigenvalue weighted by Gasteiger charge is -2.34. The number of ether oxygens (including phenoxy) is 1. The zero-order valence-electron chi connectivity index (χ0n) is 16.3. The molecule has 3 aliphatic rings. The molecule has 0 aromatic carbocycles. The maximum absolute atomic E-state index is 12.4. The van der Waals surface area contributed by atoms with Gasteiger partial charge in [0.1, 0.15) is 11.8 Å². The molecule has 1 unspecified atom stereocenters. The summed E-state index contributed by atoms with van der Waals surface area (Å²) in [5.41, 5.74) is 1.03. The minimum atomic E-state index is -0.328. The van der Waals surface area contributed by atoms with Crippen molar-refractivity contribution in [3.63, 3.8) is 0 Å². The van der Waals surface area contributed by atoms with E-state index < -0.39 is 0 Å². The predicted octanol–water partition coefficient (Wildman–Crippen LogP) is 2.01. The van der Waals surface area contributed by atoms with Gasteiger partial charge in [0.15, 0.2) is 0 Å². The number of carbonyl (C=O) groups excluding carboxylic acids is 3. The first-order chi connectivity index (χ1) is 13.4. The van der Waals surface area contributed by atoms with E-state index in [1.54, 1.807) is 16.7 Å². The molecule has 1 fully saturated rings. The zero-order valence-corrected chi connectivity index (χ0v) is 17.9. The molecule has 3 heterocycles. The van der Waals surface area contributed by atoms with Gasteiger partial charge in [-0.3, -0.25) is 9.59 Å². The minimum absolute atomic E-state index is 0.0189. The lowest BCUT2D eigenvalue weighted by Crippen LogP contribution is -2.51. The topological polar surface area (TPSA) is 91.6 Å². The number of hydrogen-bond donors (Lipinski definition) is 0. The molecule has 0 N–H and O–H groups in total. The fourth-order valence-corrected chi connectivity index (χ4v) is 5.06. The summed E-state index contributed by atoms with van der Waals surface area (Å²) in [6.45, 7) is 8.02. The van der Waals surface area contributed by atoms with Crippen LogP contribution in [0.5, 0.6) is 0 Å². The monoisotopic (exact) mass is 424 g/mol. The number of rotatable bonds is 5. The Bertz CT molecular complexity index is 770. The Labute approximate surface area is 172 Å². The standard InChI is InChI=1S/C18H24N4O4S2/c1-4-26-18(25)22-7-5-21(6-8-22)14(23)10-27-9-13-19-16(24)15-11(2)12(3)28-17(15)20-13/h15H,4-10H2,1-3H3. The van der Waals surface area contributed by atoms with E-state index in [4.69, 9.17) is 4.74 Å². The molecule has 8 nitrogen and oxygen atoms in total. The van der Waals surface area contributed by atoms with Gasteiger partial charge in [-0.25, -0.2) is 9.79 Å². The maximum Gasteiger partial charge on any atom is 0.409 e. The number of piperazine rings is 1. The highest BCUT2D eigenvalue weighted by Gasteiger charge is 2.36. The minimum Gasteiger partial charge on any atom is -0.450 e. The fraction of sp³-hybridized carbons (Fsp3) is 0.611. The van der Waals surface area contributed by atoms with E-state index >= 15 is 0 Å². The molecule has 3 amide bonds. The first-order valence-corrected chi connectivity index (χ1v) is 11.2. The van der Waals surface area contributed by atoms with Crippen LogP contribution in [-0.2, 0) is 14.3 Å². The maximum atomic E-state index is 12.4. The van der Waals surface area contributed by atoms with Gasteiger partial charge >= 0.3 is 6.09 Å². The number of hydrogen-bond acceptors (Lipinski definition) is 7. The Kier molecular flexibility index (Phi) is 6.82. The molecule has 0 aromatic heterocycles. The van der Waals surface area contributed by atoms with Gasteiger partial charge in [-0.05, 0) is 31.2 Å². The van der Waals surface area contributed by atoms with Crippen molar-refractivity contribution in [2.45, 2.75) is 20.8 Å². The summed E-state index contributed by atoms with van der Waals surface area (Å²) in [5.74, 6) is 0.751. The molecular formula is C18H24N4O4S2. The summed E-state index contributed by atoms with van der Waals surface area (Å²) >= 11 is 2.94. The van der Waals surface area contributed by atoms with Crippen LogP contribution in [0.15, 0.2) is 20.5 Å². The highest BCUT2D eigenvalue weighted by molar-refractivity contribution is 8.17. The van der Waals surface area contributed by atoms with Gasteiger partial charge in [-0.1, -0.05) is 11.8 Å². The van der Waals surface area contributed by atoms with E-state index in [2.05, 4.69) is 9.98 Å². The average molecular weight is 425 g/mol. The summed E-state index contributed by atoms with van der Waals surface area (Å²) in [4.78, 5) is 49.5. The highest BCUT2D eigenvalue weighted by atomic mass is 32.2. The molecule has 1 atom stereocenters. The highest BCUT2D eigenvalue weighted by Crippen LogP contribution is 2.40. The van der Waals surface area contributed by atoms with Gasteiger partial charge < -0.3 is 14.5 Å². The molecule has 0 radical (unpaired) electrons. The predicted molar refractivity (Wildman–Crippen MR) is 112 cm³/mol. The van der Waals surface area contributed by atoms with Gasteiger partial charge in [0.05, 0.1) is 23.2 Å². The third-order valence-corrected chi connectivity index (χ3v) is 6.91. The number of amides is 3. The summed E-state index contributed by atoms with van der Waals surface area (Å²) in [7, 11) is 0. The third kappa shape index (κ3) is 4.60. The molecule has 3 rings (SSSR count). The summed E-state index contributed by atoms with van der Waals surface area (Å²) in [6, 6.07) is 0. The Balaban J connectivity index is 1.43. The van der Waals surface area contributed by atoms with Crippen LogP contribution >= 0.6 is 23.5 Å². The molecule has 3 aliphatic heterocycles. The van der Waals surface area contributed by atoms with Crippen molar-refractivity contribution < 1.29 is 19.1 Å². The van der Waals surface area contributed by atoms with Crippen LogP contribution in [0.2, 0.25) is 0 Å². The summed E-state index contributed by atoms with van der Waals surface area (Å²) in [5, 5.41) is 0.798. The third-order valence-electron chi connectivity index (χ3n) is 4.83. The van der Waals surface area contributed by atoms with Crippen LogP contribution in [0, 0.1) is 5.92 Å². The second-order valence-electron chi connectivity index (χ2n) is 6.65. The van der Waals surface area contributed by atoms with Crippen LogP contribution in [0.1, 0.15) is 20.8 Å². The number of aliphatic imine (C=N–C) groups is 2. The molecular weight excluding hydrogens is 400 g/mol. The largest absolute Gasteiger partial charge is 0.450 e. The van der Waals surface area contributed by atoms with Crippen molar-refractivity contribution in [2.75, 3.05) is 44.3 Å². The number of allylic oxidation sites excluding steroid dienone is 1. The van der Waals surface area contributed by atoms with Crippen LogP contribution < -0.4 is 0 Å². The normalized spacial score (nSPS) is 22.1. The van der Waals surface area contributed by atoms with Crippen molar-refractivity contribution in [1.29, 1.82) is 0 Å². The van der Waals surface area contributed by atoms with Crippen molar-refractivity contribution in [3.05, 3.63) is 10.5 Å². The first kappa shape index (κ1) is 20.9. The van der Waals surface area contributed by atoms with E-state index in [0.29, 0.717) is 50.1 Å². The van der Waals surface area contributed by atoms with Crippen LogP contribution in [0.4, 0.5) is 4.79 Å². The van der Waals surface area contributed by atoms with Gasteiger partial charge in [-0.2, -0.15) is 4.99 Å². The SMILES string of the molecule is CCOC(=O)N1CCN(C(=O)CSCC2=NC(=O)C3C(=N2)SC(C)=C3C)CC1. The van der Waals surface area contributed by atoms with Crippen LogP contribution in [-0.4, -0.2) is 82.9 Å². The molecule has 0 aromatic rings. The lowest BCUT2D eigenvalue weighted by atomic mass is 10.0. The number of fused-ring (bicyclic) bond motifs is 1. The summed E-state index contributed by atoms with van der Waals surface area (Å²) in [6.07, 6.45) is -0.328. The second-order valence-corrected chi connectivity index (χ2v) is 8.87.